The number of nitrogens with one attached hydrogen (secondary N) is 1. The SMILES string of the molecule is NC(=O)c1ccc(OCC2CCNC2)cc1Br. The van der Waals surface area contributed by atoms with Crippen molar-refractivity contribution in [1.29, 1.82) is 0 Å². The molecule has 0 bridgehead atoms. The lowest BCUT2D eigenvalue weighted by Crippen LogP contribution is -2.16. The number of primary amides is 1. The lowest BCUT2D eigenvalue weighted by Gasteiger charge is -2.11. The highest BCUT2D eigenvalue weighted by molar-refractivity contribution is 9.10. The molecule has 1 aliphatic heterocycles. The predicted octanol–water partition coefficient (Wildman–Crippen LogP) is 1.54. The molecule has 0 aliphatic carbocycles. The fourth-order valence-electron chi connectivity index (χ4n) is 1.86. The van der Waals surface area contributed by atoms with E-state index in [-0.39, 0.29) is 0 Å². The molecule has 1 aromatic rings. The largest absolute Gasteiger partial charge is 0.493 e. The third kappa shape index (κ3) is 3.20. The average molecular weight is 299 g/mol. The van der Waals surface area contributed by atoms with Crippen LogP contribution in [0.3, 0.4) is 0 Å². The molecule has 1 aromatic carbocycles. The van der Waals surface area contributed by atoms with E-state index in [0.29, 0.717) is 22.6 Å². The third-order valence-electron chi connectivity index (χ3n) is 2.85. The van der Waals surface area contributed by atoms with Gasteiger partial charge in [-0.25, -0.2) is 0 Å². The van der Waals surface area contributed by atoms with Gasteiger partial charge in [0.15, 0.2) is 0 Å². The summed E-state index contributed by atoms with van der Waals surface area (Å²) >= 11 is 3.31. The number of hydrogen-bond acceptors (Lipinski definition) is 3. The first-order valence-corrected chi connectivity index (χ1v) is 6.39. The molecule has 0 saturated carbocycles. The Morgan fingerprint density at radius 3 is 3.00 bits per heavy atom. The number of ether oxygens (including phenoxy) is 1. The minimum absolute atomic E-state index is 0.441. The molecule has 0 aromatic heterocycles. The molecule has 4 nitrogen and oxygen atoms in total. The van der Waals surface area contributed by atoms with Gasteiger partial charge >= 0.3 is 0 Å². The van der Waals surface area contributed by atoms with Crippen LogP contribution in [0.1, 0.15) is 16.8 Å². The molecule has 3 N–H and O–H groups in total. The van der Waals surface area contributed by atoms with Crippen molar-refractivity contribution in [2.75, 3.05) is 19.7 Å². The Morgan fingerprint density at radius 2 is 2.41 bits per heavy atom. The van der Waals surface area contributed by atoms with Crippen LogP contribution in [0.15, 0.2) is 22.7 Å². The monoisotopic (exact) mass is 298 g/mol. The van der Waals surface area contributed by atoms with Crippen molar-refractivity contribution in [1.82, 2.24) is 5.32 Å². The van der Waals surface area contributed by atoms with Crippen LogP contribution in [-0.2, 0) is 0 Å². The fraction of sp³-hybridized carbons (Fsp3) is 0.417. The van der Waals surface area contributed by atoms with Crippen LogP contribution < -0.4 is 15.8 Å². The Morgan fingerprint density at radius 1 is 1.59 bits per heavy atom. The van der Waals surface area contributed by atoms with E-state index in [1.54, 1.807) is 18.2 Å². The highest BCUT2D eigenvalue weighted by atomic mass is 79.9. The van der Waals surface area contributed by atoms with Crippen molar-refractivity contribution in [2.45, 2.75) is 6.42 Å². The summed E-state index contributed by atoms with van der Waals surface area (Å²) in [6.07, 6.45) is 1.15. The van der Waals surface area contributed by atoms with Crippen LogP contribution in [0, 0.1) is 5.92 Å². The Bertz CT molecular complexity index is 417. The molecular formula is C12H15BrN2O2. The molecule has 1 atom stereocenters. The zero-order valence-corrected chi connectivity index (χ0v) is 11.0. The highest BCUT2D eigenvalue weighted by Gasteiger charge is 2.15. The van der Waals surface area contributed by atoms with E-state index >= 15 is 0 Å². The first-order valence-electron chi connectivity index (χ1n) is 5.59. The van der Waals surface area contributed by atoms with E-state index in [0.717, 1.165) is 25.3 Å². The minimum atomic E-state index is -0.441. The third-order valence-corrected chi connectivity index (χ3v) is 3.51. The van der Waals surface area contributed by atoms with Gasteiger partial charge in [-0.05, 0) is 47.1 Å². The van der Waals surface area contributed by atoms with Crippen molar-refractivity contribution < 1.29 is 9.53 Å². The van der Waals surface area contributed by atoms with Gasteiger partial charge in [0, 0.05) is 16.9 Å². The molecule has 1 fully saturated rings. The number of amides is 1. The van der Waals surface area contributed by atoms with Crippen LogP contribution in [0.2, 0.25) is 0 Å². The molecule has 0 radical (unpaired) electrons. The molecule has 1 unspecified atom stereocenters. The number of hydrogen-bond donors (Lipinski definition) is 2. The molecular weight excluding hydrogens is 284 g/mol. The van der Waals surface area contributed by atoms with Gasteiger partial charge in [-0.1, -0.05) is 0 Å². The minimum Gasteiger partial charge on any atom is -0.493 e. The lowest BCUT2D eigenvalue weighted by atomic mass is 10.1. The van der Waals surface area contributed by atoms with Gasteiger partial charge in [0.25, 0.3) is 0 Å². The Balaban J connectivity index is 1.97. The molecule has 1 heterocycles. The maximum Gasteiger partial charge on any atom is 0.249 e. The van der Waals surface area contributed by atoms with Crippen molar-refractivity contribution >= 4 is 21.8 Å². The van der Waals surface area contributed by atoms with Crippen molar-refractivity contribution in [3.63, 3.8) is 0 Å². The van der Waals surface area contributed by atoms with E-state index in [1.807, 2.05) is 0 Å². The van der Waals surface area contributed by atoms with Crippen molar-refractivity contribution in [3.8, 4) is 5.75 Å². The summed E-state index contributed by atoms with van der Waals surface area (Å²) in [4.78, 5) is 11.0. The number of carbonyl (C=O) groups excluding carboxylic acids is 1. The molecule has 92 valence electrons. The second kappa shape index (κ2) is 5.51. The van der Waals surface area contributed by atoms with Gasteiger partial charge in [-0.15, -0.1) is 0 Å². The lowest BCUT2D eigenvalue weighted by molar-refractivity contribution is 0.0999. The van der Waals surface area contributed by atoms with Crippen molar-refractivity contribution in [2.24, 2.45) is 11.7 Å². The molecule has 5 heteroatoms. The van der Waals surface area contributed by atoms with Gasteiger partial charge in [0.1, 0.15) is 5.75 Å². The van der Waals surface area contributed by atoms with Crippen molar-refractivity contribution in [3.05, 3.63) is 28.2 Å². The van der Waals surface area contributed by atoms with Crippen LogP contribution in [0.4, 0.5) is 0 Å². The second-order valence-electron chi connectivity index (χ2n) is 4.18. The quantitative estimate of drug-likeness (QED) is 0.886. The molecule has 0 spiro atoms. The summed E-state index contributed by atoms with van der Waals surface area (Å²) < 4.78 is 6.36. The zero-order chi connectivity index (χ0) is 12.3. The van der Waals surface area contributed by atoms with Crippen LogP contribution in [0.5, 0.6) is 5.75 Å². The van der Waals surface area contributed by atoms with Gasteiger partial charge in [-0.2, -0.15) is 0 Å². The zero-order valence-electron chi connectivity index (χ0n) is 9.41. The number of rotatable bonds is 4. The van der Waals surface area contributed by atoms with E-state index in [9.17, 15) is 4.79 Å². The number of nitrogens with two attached hydrogens (primary N) is 1. The summed E-state index contributed by atoms with van der Waals surface area (Å²) in [7, 11) is 0. The summed E-state index contributed by atoms with van der Waals surface area (Å²) in [5.74, 6) is 0.891. The first kappa shape index (κ1) is 12.4. The Kier molecular flexibility index (Phi) is 4.02. The van der Waals surface area contributed by atoms with E-state index < -0.39 is 5.91 Å². The van der Waals surface area contributed by atoms with Crippen LogP contribution in [-0.4, -0.2) is 25.6 Å². The Labute approximate surface area is 109 Å². The summed E-state index contributed by atoms with van der Waals surface area (Å²) in [6.45, 7) is 2.79. The fourth-order valence-corrected chi connectivity index (χ4v) is 2.41. The maximum atomic E-state index is 11.0. The summed E-state index contributed by atoms with van der Waals surface area (Å²) in [5, 5.41) is 3.29. The number of halogens is 1. The maximum absolute atomic E-state index is 11.0. The van der Waals surface area contributed by atoms with Gasteiger partial charge < -0.3 is 15.8 Å². The van der Waals surface area contributed by atoms with Gasteiger partial charge in [0.2, 0.25) is 5.91 Å². The standard InChI is InChI=1S/C12H15BrN2O2/c13-11-5-9(1-2-10(11)12(14)16)17-7-8-3-4-15-6-8/h1-2,5,8,15H,3-4,6-7H2,(H2,14,16). The number of carbonyl (C=O) groups is 1. The molecule has 2 rings (SSSR count). The Hall–Kier alpha value is -1.07. The smallest absolute Gasteiger partial charge is 0.249 e. The van der Waals surface area contributed by atoms with E-state index in [4.69, 9.17) is 10.5 Å². The summed E-state index contributed by atoms with van der Waals surface area (Å²) in [6, 6.07) is 5.23. The topological polar surface area (TPSA) is 64.4 Å². The summed E-state index contributed by atoms with van der Waals surface area (Å²) in [5.41, 5.74) is 5.69. The second-order valence-corrected chi connectivity index (χ2v) is 5.03. The molecule has 1 amide bonds. The molecule has 1 aliphatic rings. The average Bonchev–Trinajstić information content (AvgIpc) is 2.78. The van der Waals surface area contributed by atoms with Gasteiger partial charge in [0.05, 0.1) is 12.2 Å². The molecule has 17 heavy (non-hydrogen) atoms. The highest BCUT2D eigenvalue weighted by Crippen LogP contribution is 2.23. The van der Waals surface area contributed by atoms with Gasteiger partial charge in [-0.3, -0.25) is 4.79 Å². The number of benzene rings is 1. The molecule has 1 saturated heterocycles. The van der Waals surface area contributed by atoms with E-state index in [1.165, 1.54) is 0 Å². The first-order chi connectivity index (χ1) is 8.16. The van der Waals surface area contributed by atoms with Crippen LogP contribution in [0.25, 0.3) is 0 Å². The van der Waals surface area contributed by atoms with E-state index in [2.05, 4.69) is 21.2 Å². The normalized spacial score (nSPS) is 19.2. The van der Waals surface area contributed by atoms with Crippen LogP contribution >= 0.6 is 15.9 Å². The predicted molar refractivity (Wildman–Crippen MR) is 69.1 cm³/mol.